The molecule has 34 heavy (non-hydrogen) atoms. The van der Waals surface area contributed by atoms with Crippen molar-refractivity contribution in [3.05, 3.63) is 75.4 Å². The minimum atomic E-state index is -0.542. The van der Waals surface area contributed by atoms with E-state index in [-0.39, 0.29) is 22.4 Å². The molecule has 4 aromatic rings. The van der Waals surface area contributed by atoms with Crippen LogP contribution in [0.3, 0.4) is 0 Å². The lowest BCUT2D eigenvalue weighted by molar-refractivity contribution is -0.113. The van der Waals surface area contributed by atoms with Crippen LogP contribution >= 0.6 is 23.1 Å². The third-order valence-electron chi connectivity index (χ3n) is 4.81. The van der Waals surface area contributed by atoms with E-state index in [9.17, 15) is 14.9 Å². The molecule has 0 saturated heterocycles. The average Bonchev–Trinajstić information content (AvgIpc) is 3.31. The first-order chi connectivity index (χ1) is 16.5. The van der Waals surface area contributed by atoms with Gasteiger partial charge in [0.1, 0.15) is 17.4 Å². The number of ether oxygens (including phenoxy) is 1. The Balaban J connectivity index is 1.44. The first kappa shape index (κ1) is 23.2. The number of nitriles is 1. The maximum atomic E-state index is 12.5. The third-order valence-corrected chi connectivity index (χ3v) is 6.44. The number of hydrogen-bond donors (Lipinski definition) is 2. The normalized spacial score (nSPS) is 10.5. The monoisotopic (exact) mass is 489 g/mol. The zero-order chi connectivity index (χ0) is 24.1. The third kappa shape index (κ3) is 5.33. The van der Waals surface area contributed by atoms with E-state index in [1.165, 1.54) is 11.3 Å². The molecule has 0 unspecified atom stereocenters. The van der Waals surface area contributed by atoms with Crippen LogP contribution in [0.2, 0.25) is 0 Å². The lowest BCUT2D eigenvalue weighted by Gasteiger charge is -2.07. The summed E-state index contributed by atoms with van der Waals surface area (Å²) < 4.78 is 5.16. The first-order valence-corrected chi connectivity index (χ1v) is 12.0. The summed E-state index contributed by atoms with van der Waals surface area (Å²) in [6.45, 7) is 1.95. The van der Waals surface area contributed by atoms with Gasteiger partial charge in [0.2, 0.25) is 5.91 Å². The topological polar surface area (TPSA) is 121 Å². The number of H-pyrrole nitrogens is 1. The number of aryl methyl sites for hydroxylation is 1. The molecule has 170 valence electrons. The van der Waals surface area contributed by atoms with Gasteiger partial charge < -0.3 is 15.0 Å². The number of carbonyl (C=O) groups is 1. The molecule has 2 N–H and O–H groups in total. The molecule has 0 aliphatic heterocycles. The van der Waals surface area contributed by atoms with Gasteiger partial charge in [0, 0.05) is 16.5 Å². The summed E-state index contributed by atoms with van der Waals surface area (Å²) in [6.07, 6.45) is 0. The Morgan fingerprint density at radius 2 is 1.85 bits per heavy atom. The van der Waals surface area contributed by atoms with Crippen LogP contribution in [0.1, 0.15) is 11.1 Å². The van der Waals surface area contributed by atoms with Gasteiger partial charge in [0.15, 0.2) is 10.3 Å². The van der Waals surface area contributed by atoms with Crippen molar-refractivity contribution in [2.75, 3.05) is 18.2 Å². The van der Waals surface area contributed by atoms with Crippen molar-refractivity contribution < 1.29 is 9.53 Å². The van der Waals surface area contributed by atoms with Crippen LogP contribution < -0.4 is 15.6 Å². The molecule has 8 nitrogen and oxygen atoms in total. The van der Waals surface area contributed by atoms with Crippen molar-refractivity contribution in [3.8, 4) is 34.3 Å². The van der Waals surface area contributed by atoms with Crippen molar-refractivity contribution in [3.63, 3.8) is 0 Å². The highest BCUT2D eigenvalue weighted by Crippen LogP contribution is 2.27. The zero-order valence-corrected chi connectivity index (χ0v) is 19.9. The van der Waals surface area contributed by atoms with Gasteiger partial charge in [0.25, 0.3) is 5.56 Å². The van der Waals surface area contributed by atoms with Gasteiger partial charge in [-0.2, -0.15) is 5.26 Å². The number of carbonyl (C=O) groups excluding carboxylic acids is 1. The molecule has 4 rings (SSSR count). The number of benzene rings is 2. The molecule has 0 bridgehead atoms. The maximum absolute atomic E-state index is 12.5. The molecule has 0 saturated carbocycles. The van der Waals surface area contributed by atoms with Crippen LogP contribution in [0.5, 0.6) is 5.75 Å². The number of aromatic nitrogens is 3. The van der Waals surface area contributed by atoms with Crippen LogP contribution in [0.4, 0.5) is 5.13 Å². The largest absolute Gasteiger partial charge is 0.497 e. The Kier molecular flexibility index (Phi) is 7.06. The summed E-state index contributed by atoms with van der Waals surface area (Å²) in [5.74, 6) is 0.480. The summed E-state index contributed by atoms with van der Waals surface area (Å²) in [7, 11) is 1.61. The van der Waals surface area contributed by atoms with Gasteiger partial charge >= 0.3 is 0 Å². The molecule has 0 atom stereocenters. The van der Waals surface area contributed by atoms with E-state index in [2.05, 4.69) is 20.3 Å². The molecule has 0 aliphatic rings. The molecule has 0 aliphatic carbocycles. The van der Waals surface area contributed by atoms with Gasteiger partial charge in [-0.05, 0) is 31.2 Å². The Morgan fingerprint density at radius 1 is 1.15 bits per heavy atom. The van der Waals surface area contributed by atoms with Crippen LogP contribution in [0.15, 0.2) is 63.9 Å². The van der Waals surface area contributed by atoms with Crippen LogP contribution in [0.25, 0.3) is 22.5 Å². The van der Waals surface area contributed by atoms with E-state index in [0.29, 0.717) is 16.4 Å². The zero-order valence-electron chi connectivity index (χ0n) is 18.3. The van der Waals surface area contributed by atoms with E-state index in [4.69, 9.17) is 4.74 Å². The van der Waals surface area contributed by atoms with Crippen LogP contribution in [-0.2, 0) is 4.79 Å². The van der Waals surface area contributed by atoms with E-state index >= 15 is 0 Å². The second-order valence-electron chi connectivity index (χ2n) is 7.18. The minimum Gasteiger partial charge on any atom is -0.497 e. The lowest BCUT2D eigenvalue weighted by atomic mass is 10.1. The maximum Gasteiger partial charge on any atom is 0.270 e. The van der Waals surface area contributed by atoms with Gasteiger partial charge in [0.05, 0.1) is 24.3 Å². The highest BCUT2D eigenvalue weighted by Gasteiger charge is 2.15. The molecule has 0 fully saturated rings. The van der Waals surface area contributed by atoms with Crippen molar-refractivity contribution in [2.45, 2.75) is 12.1 Å². The second-order valence-corrected chi connectivity index (χ2v) is 9.00. The van der Waals surface area contributed by atoms with Gasteiger partial charge in [-0.15, -0.1) is 11.3 Å². The van der Waals surface area contributed by atoms with E-state index < -0.39 is 5.56 Å². The molecule has 0 radical (unpaired) electrons. The summed E-state index contributed by atoms with van der Waals surface area (Å²) in [6, 6.07) is 16.8. The van der Waals surface area contributed by atoms with E-state index in [1.54, 1.807) is 7.11 Å². The van der Waals surface area contributed by atoms with Crippen molar-refractivity contribution in [1.82, 2.24) is 15.0 Å². The van der Waals surface area contributed by atoms with Crippen LogP contribution in [-0.4, -0.2) is 33.7 Å². The number of nitrogens with zero attached hydrogens (tertiary/aromatic N) is 3. The van der Waals surface area contributed by atoms with Crippen LogP contribution in [0, 0.1) is 18.3 Å². The summed E-state index contributed by atoms with van der Waals surface area (Å²) >= 11 is 2.39. The fourth-order valence-corrected chi connectivity index (χ4v) is 4.46. The number of hydrogen-bond acceptors (Lipinski definition) is 8. The molecular weight excluding hydrogens is 470 g/mol. The van der Waals surface area contributed by atoms with Gasteiger partial charge in [-0.3, -0.25) is 9.59 Å². The molecule has 0 spiro atoms. The highest BCUT2D eigenvalue weighted by atomic mass is 32.2. The predicted molar refractivity (Wildman–Crippen MR) is 133 cm³/mol. The van der Waals surface area contributed by atoms with E-state index in [1.807, 2.05) is 66.9 Å². The Labute approximate surface area is 203 Å². The molecule has 2 heterocycles. The van der Waals surface area contributed by atoms with Crippen molar-refractivity contribution in [1.29, 1.82) is 5.26 Å². The minimum absolute atomic E-state index is 0.0135. The van der Waals surface area contributed by atoms with E-state index in [0.717, 1.165) is 34.3 Å². The quantitative estimate of drug-likeness (QED) is 0.290. The van der Waals surface area contributed by atoms with Crippen molar-refractivity contribution >= 4 is 34.1 Å². The summed E-state index contributed by atoms with van der Waals surface area (Å²) in [5.41, 5.74) is 3.06. The molecular formula is C24H19N5O3S2. The van der Waals surface area contributed by atoms with Gasteiger partial charge in [-0.1, -0.05) is 41.6 Å². The number of rotatable bonds is 7. The molecule has 2 aromatic carbocycles. The molecule has 1 amide bonds. The van der Waals surface area contributed by atoms with Crippen molar-refractivity contribution in [2.24, 2.45) is 0 Å². The number of methoxy groups -OCH3 is 1. The standard InChI is InChI=1S/C24H19N5O3S2/c1-14-3-5-16(6-4-14)21-18(11-25)22(31)29-24(28-21)34-13-20(30)27-23-26-19(12-33-23)15-7-9-17(32-2)10-8-15/h3-10,12H,13H2,1-2H3,(H,26,27,30)(H,28,29,31). The summed E-state index contributed by atoms with van der Waals surface area (Å²) in [5, 5.41) is 14.8. The Bertz CT molecular complexity index is 1420. The highest BCUT2D eigenvalue weighted by molar-refractivity contribution is 7.99. The number of aromatic amines is 1. The molecule has 10 heteroatoms. The average molecular weight is 490 g/mol. The smallest absolute Gasteiger partial charge is 0.270 e. The lowest BCUT2D eigenvalue weighted by Crippen LogP contribution is -2.17. The Morgan fingerprint density at radius 3 is 2.53 bits per heavy atom. The summed E-state index contributed by atoms with van der Waals surface area (Å²) in [4.78, 5) is 36.3. The Hall–Kier alpha value is -3.94. The number of nitrogens with one attached hydrogen (secondary N) is 2. The fourth-order valence-electron chi connectivity index (χ4n) is 3.06. The van der Waals surface area contributed by atoms with Gasteiger partial charge in [-0.25, -0.2) is 9.97 Å². The number of anilines is 1. The second kappa shape index (κ2) is 10.3. The molecule has 2 aromatic heterocycles. The fraction of sp³-hybridized carbons (Fsp3) is 0.125. The number of amides is 1. The number of thioether (sulfide) groups is 1. The predicted octanol–water partition coefficient (Wildman–Crippen LogP) is 4.48. The SMILES string of the molecule is COc1ccc(-c2csc(NC(=O)CSc3nc(-c4ccc(C)cc4)c(C#N)c(=O)[nH]3)n2)cc1. The number of thiazole rings is 1. The first-order valence-electron chi connectivity index (χ1n) is 10.1.